The quantitative estimate of drug-likeness (QED) is 0.204. The van der Waals surface area contributed by atoms with Crippen molar-refractivity contribution in [2.75, 3.05) is 52.6 Å². The molecule has 0 radical (unpaired) electrons. The van der Waals surface area contributed by atoms with E-state index in [4.69, 9.17) is 19.2 Å². The van der Waals surface area contributed by atoms with Gasteiger partial charge in [-0.25, -0.2) is 0 Å². The van der Waals surface area contributed by atoms with E-state index in [-0.39, 0.29) is 24.0 Å². The van der Waals surface area contributed by atoms with E-state index >= 15 is 0 Å². The number of piperidine rings is 1. The highest BCUT2D eigenvalue weighted by Gasteiger charge is 2.42. The summed E-state index contributed by atoms with van der Waals surface area (Å²) in [5.74, 6) is 1.08. The molecular weight excluding hydrogens is 481 g/mol. The number of ether oxygens (including phenoxy) is 3. The first-order valence-corrected chi connectivity index (χ1v) is 11.6. The number of aliphatic imine (C=N–C) groups is 1. The van der Waals surface area contributed by atoms with Crippen LogP contribution in [0.2, 0.25) is 0 Å². The lowest BCUT2D eigenvalue weighted by atomic mass is 10.0. The van der Waals surface area contributed by atoms with Crippen LogP contribution in [-0.4, -0.2) is 75.7 Å². The standard InChI is InChI=1S/C22H41N3O3.HI/c1-3-23-21(24-18-22(10-11-22)12-16-26-4-2)25-13-8-19(9-14-25)28-17-20-7-5-6-15-27-20;/h19-20H,3-18H2,1-2H3,(H,23,24);1H. The van der Waals surface area contributed by atoms with E-state index in [0.717, 1.165) is 84.2 Å². The van der Waals surface area contributed by atoms with Gasteiger partial charge in [0.2, 0.25) is 0 Å². The number of likely N-dealkylation sites (tertiary alicyclic amines) is 1. The molecule has 6 nitrogen and oxygen atoms in total. The van der Waals surface area contributed by atoms with Gasteiger partial charge < -0.3 is 24.4 Å². The van der Waals surface area contributed by atoms with Gasteiger partial charge in [0.15, 0.2) is 5.96 Å². The highest BCUT2D eigenvalue weighted by Crippen LogP contribution is 2.49. The normalized spacial score (nSPS) is 24.8. The summed E-state index contributed by atoms with van der Waals surface area (Å²) in [6.45, 7) is 11.5. The number of rotatable bonds is 10. The monoisotopic (exact) mass is 523 g/mol. The van der Waals surface area contributed by atoms with Crippen LogP contribution in [0.3, 0.4) is 0 Å². The third-order valence-corrected chi connectivity index (χ3v) is 6.37. The fraction of sp³-hybridized carbons (Fsp3) is 0.955. The van der Waals surface area contributed by atoms with Gasteiger partial charge in [-0.3, -0.25) is 4.99 Å². The second kappa shape index (κ2) is 13.3. The molecule has 2 heterocycles. The van der Waals surface area contributed by atoms with Gasteiger partial charge in [0.1, 0.15) is 0 Å². The Labute approximate surface area is 194 Å². The Bertz CT molecular complexity index is 474. The van der Waals surface area contributed by atoms with Crippen LogP contribution in [0.1, 0.15) is 65.2 Å². The van der Waals surface area contributed by atoms with Gasteiger partial charge in [0.25, 0.3) is 0 Å². The summed E-state index contributed by atoms with van der Waals surface area (Å²) in [6, 6.07) is 0. The van der Waals surface area contributed by atoms with E-state index < -0.39 is 0 Å². The first-order valence-electron chi connectivity index (χ1n) is 11.6. The van der Waals surface area contributed by atoms with Crippen molar-refractivity contribution in [3.8, 4) is 0 Å². The average Bonchev–Trinajstić information content (AvgIpc) is 3.51. The summed E-state index contributed by atoms with van der Waals surface area (Å²) < 4.78 is 17.5. The van der Waals surface area contributed by atoms with E-state index in [2.05, 4.69) is 24.1 Å². The molecule has 7 heteroatoms. The van der Waals surface area contributed by atoms with Crippen molar-refractivity contribution in [1.82, 2.24) is 10.2 Å². The molecular formula is C22H42IN3O3. The summed E-state index contributed by atoms with van der Waals surface area (Å²) in [5, 5.41) is 3.50. The van der Waals surface area contributed by atoms with E-state index in [1.54, 1.807) is 0 Å². The Morgan fingerprint density at radius 1 is 1.17 bits per heavy atom. The van der Waals surface area contributed by atoms with Gasteiger partial charge in [0.05, 0.1) is 18.8 Å². The summed E-state index contributed by atoms with van der Waals surface area (Å²) in [6.07, 6.45) is 10.2. The van der Waals surface area contributed by atoms with E-state index in [1.807, 2.05) is 0 Å². The zero-order valence-corrected chi connectivity index (χ0v) is 20.8. The van der Waals surface area contributed by atoms with Crippen molar-refractivity contribution in [2.45, 2.75) is 77.4 Å². The minimum absolute atomic E-state index is 0. The van der Waals surface area contributed by atoms with Crippen molar-refractivity contribution >= 4 is 29.9 Å². The lowest BCUT2D eigenvalue weighted by Gasteiger charge is -2.35. The molecule has 0 spiro atoms. The predicted octanol–water partition coefficient (Wildman–Crippen LogP) is 3.83. The molecule has 3 rings (SSSR count). The molecule has 0 bridgehead atoms. The Hall–Kier alpha value is -0.120. The third kappa shape index (κ3) is 8.50. The second-order valence-electron chi connectivity index (χ2n) is 8.63. The van der Waals surface area contributed by atoms with Crippen molar-refractivity contribution < 1.29 is 14.2 Å². The Balaban J connectivity index is 0.00000300. The number of hydrogen-bond donors (Lipinski definition) is 1. The molecule has 29 heavy (non-hydrogen) atoms. The van der Waals surface area contributed by atoms with Gasteiger partial charge in [0, 0.05) is 46.0 Å². The van der Waals surface area contributed by atoms with Crippen LogP contribution in [-0.2, 0) is 14.2 Å². The minimum atomic E-state index is 0. The molecule has 0 aromatic heterocycles. The maximum Gasteiger partial charge on any atom is 0.193 e. The highest BCUT2D eigenvalue weighted by atomic mass is 127. The maximum atomic E-state index is 6.16. The third-order valence-electron chi connectivity index (χ3n) is 6.37. The van der Waals surface area contributed by atoms with Crippen LogP contribution >= 0.6 is 24.0 Å². The number of guanidine groups is 1. The predicted molar refractivity (Wildman–Crippen MR) is 128 cm³/mol. The summed E-state index contributed by atoms with van der Waals surface area (Å²) in [5.41, 5.74) is 0.400. The van der Waals surface area contributed by atoms with Gasteiger partial charge in [-0.2, -0.15) is 0 Å². The van der Waals surface area contributed by atoms with Crippen molar-refractivity contribution in [1.29, 1.82) is 0 Å². The molecule has 3 aliphatic rings. The summed E-state index contributed by atoms with van der Waals surface area (Å²) in [7, 11) is 0. The van der Waals surface area contributed by atoms with Crippen molar-refractivity contribution in [2.24, 2.45) is 10.4 Å². The average molecular weight is 524 g/mol. The molecule has 1 N–H and O–H groups in total. The molecule has 2 saturated heterocycles. The van der Waals surface area contributed by atoms with E-state index in [9.17, 15) is 0 Å². The lowest BCUT2D eigenvalue weighted by Crippen LogP contribution is -2.47. The Morgan fingerprint density at radius 3 is 2.59 bits per heavy atom. The molecule has 1 aliphatic carbocycles. The van der Waals surface area contributed by atoms with Crippen LogP contribution in [0.4, 0.5) is 0 Å². The number of halogens is 1. The topological polar surface area (TPSA) is 55.3 Å². The Morgan fingerprint density at radius 2 is 1.97 bits per heavy atom. The summed E-state index contributed by atoms with van der Waals surface area (Å²) in [4.78, 5) is 7.43. The molecule has 0 amide bonds. The zero-order valence-electron chi connectivity index (χ0n) is 18.5. The Kier molecular flexibility index (Phi) is 11.6. The SMILES string of the molecule is CCNC(=NCC1(CCOCC)CC1)N1CCC(OCC2CCCCO2)CC1.I. The number of hydrogen-bond acceptors (Lipinski definition) is 4. The zero-order chi connectivity index (χ0) is 19.7. The molecule has 3 fully saturated rings. The van der Waals surface area contributed by atoms with Crippen molar-refractivity contribution in [3.63, 3.8) is 0 Å². The molecule has 1 saturated carbocycles. The van der Waals surface area contributed by atoms with Crippen LogP contribution < -0.4 is 5.32 Å². The molecule has 170 valence electrons. The second-order valence-corrected chi connectivity index (χ2v) is 8.63. The largest absolute Gasteiger partial charge is 0.382 e. The lowest BCUT2D eigenvalue weighted by molar-refractivity contribution is -0.0721. The van der Waals surface area contributed by atoms with Gasteiger partial charge in [-0.15, -0.1) is 24.0 Å². The van der Waals surface area contributed by atoms with E-state index in [1.165, 1.54) is 25.7 Å². The van der Waals surface area contributed by atoms with Crippen molar-refractivity contribution in [3.05, 3.63) is 0 Å². The van der Waals surface area contributed by atoms with E-state index in [0.29, 0.717) is 17.6 Å². The smallest absolute Gasteiger partial charge is 0.193 e. The maximum absolute atomic E-state index is 6.16. The fourth-order valence-corrected chi connectivity index (χ4v) is 4.18. The fourth-order valence-electron chi connectivity index (χ4n) is 4.18. The van der Waals surface area contributed by atoms with Crippen LogP contribution in [0.25, 0.3) is 0 Å². The van der Waals surface area contributed by atoms with Gasteiger partial charge >= 0.3 is 0 Å². The number of nitrogens with zero attached hydrogens (tertiary/aromatic N) is 2. The van der Waals surface area contributed by atoms with Gasteiger partial charge in [-0.1, -0.05) is 0 Å². The molecule has 1 unspecified atom stereocenters. The molecule has 0 aromatic carbocycles. The highest BCUT2D eigenvalue weighted by molar-refractivity contribution is 14.0. The summed E-state index contributed by atoms with van der Waals surface area (Å²) >= 11 is 0. The number of nitrogens with one attached hydrogen (secondary N) is 1. The first kappa shape index (κ1) is 25.1. The van der Waals surface area contributed by atoms with Crippen LogP contribution in [0.5, 0.6) is 0 Å². The molecule has 0 aromatic rings. The minimum Gasteiger partial charge on any atom is -0.382 e. The van der Waals surface area contributed by atoms with Crippen LogP contribution in [0, 0.1) is 5.41 Å². The first-order chi connectivity index (χ1) is 13.7. The van der Waals surface area contributed by atoms with Gasteiger partial charge in [-0.05, 0) is 70.6 Å². The molecule has 1 atom stereocenters. The molecule has 2 aliphatic heterocycles. The van der Waals surface area contributed by atoms with Crippen LogP contribution in [0.15, 0.2) is 4.99 Å².